The molecule has 0 radical (unpaired) electrons. The summed E-state index contributed by atoms with van der Waals surface area (Å²) in [4.78, 5) is 36.7. The minimum atomic E-state index is -0.743. The van der Waals surface area contributed by atoms with E-state index in [1.165, 1.54) is 18.7 Å². The van der Waals surface area contributed by atoms with Crippen molar-refractivity contribution in [2.45, 2.75) is 13.8 Å². The standard InChI is InChI=1S/C16H18N2O5/c1-5-23-15(20)13-10(2)18(16(21)17(3)14(13)19)11-6-8-12(22-4)9-7-11/h6-9H,5H2,1-4H3. The van der Waals surface area contributed by atoms with Gasteiger partial charge in [-0.15, -0.1) is 0 Å². The average Bonchev–Trinajstić information content (AvgIpc) is 2.54. The van der Waals surface area contributed by atoms with Gasteiger partial charge in [0, 0.05) is 12.7 Å². The Kier molecular flexibility index (Phi) is 4.68. The number of nitrogens with zero attached hydrogens (tertiary/aromatic N) is 2. The van der Waals surface area contributed by atoms with Gasteiger partial charge in [0.15, 0.2) is 0 Å². The van der Waals surface area contributed by atoms with Gasteiger partial charge in [0.25, 0.3) is 5.56 Å². The van der Waals surface area contributed by atoms with Crippen molar-refractivity contribution in [2.75, 3.05) is 13.7 Å². The van der Waals surface area contributed by atoms with Gasteiger partial charge in [-0.1, -0.05) is 0 Å². The van der Waals surface area contributed by atoms with Crippen LogP contribution in [0, 0.1) is 6.92 Å². The molecule has 0 saturated carbocycles. The van der Waals surface area contributed by atoms with Crippen molar-refractivity contribution in [2.24, 2.45) is 7.05 Å². The molecule has 1 heterocycles. The molecule has 0 amide bonds. The molecule has 7 nitrogen and oxygen atoms in total. The van der Waals surface area contributed by atoms with Crippen molar-refractivity contribution in [3.05, 3.63) is 56.4 Å². The number of aromatic nitrogens is 2. The van der Waals surface area contributed by atoms with Gasteiger partial charge in [-0.25, -0.2) is 9.59 Å². The Bertz CT molecular complexity index is 846. The van der Waals surface area contributed by atoms with E-state index < -0.39 is 17.2 Å². The Morgan fingerprint density at radius 2 is 1.78 bits per heavy atom. The highest BCUT2D eigenvalue weighted by molar-refractivity contribution is 5.90. The maximum Gasteiger partial charge on any atom is 0.345 e. The predicted octanol–water partition coefficient (Wildman–Crippen LogP) is 1.03. The Hall–Kier alpha value is -2.83. The first-order valence-corrected chi connectivity index (χ1v) is 7.06. The van der Waals surface area contributed by atoms with Gasteiger partial charge in [0.1, 0.15) is 11.3 Å². The summed E-state index contributed by atoms with van der Waals surface area (Å²) >= 11 is 0. The highest BCUT2D eigenvalue weighted by Crippen LogP contribution is 2.15. The summed E-state index contributed by atoms with van der Waals surface area (Å²) in [5.41, 5.74) is -0.595. The van der Waals surface area contributed by atoms with Gasteiger partial charge in [-0.3, -0.25) is 13.9 Å². The fourth-order valence-corrected chi connectivity index (χ4v) is 2.29. The van der Waals surface area contributed by atoms with Crippen LogP contribution in [0.3, 0.4) is 0 Å². The zero-order valence-electron chi connectivity index (χ0n) is 13.5. The molecule has 0 atom stereocenters. The van der Waals surface area contributed by atoms with Crippen LogP contribution in [0.15, 0.2) is 33.9 Å². The molecule has 1 aromatic carbocycles. The minimum Gasteiger partial charge on any atom is -0.497 e. The van der Waals surface area contributed by atoms with Crippen molar-refractivity contribution in [3.8, 4) is 11.4 Å². The summed E-state index contributed by atoms with van der Waals surface area (Å²) in [6.45, 7) is 3.33. The van der Waals surface area contributed by atoms with E-state index in [0.29, 0.717) is 11.4 Å². The third-order valence-electron chi connectivity index (χ3n) is 3.50. The molecule has 0 aliphatic rings. The zero-order valence-corrected chi connectivity index (χ0v) is 13.5. The molecule has 0 aliphatic carbocycles. The number of esters is 1. The molecular formula is C16H18N2O5. The summed E-state index contributed by atoms with van der Waals surface area (Å²) in [6, 6.07) is 6.73. The highest BCUT2D eigenvalue weighted by Gasteiger charge is 2.22. The second kappa shape index (κ2) is 6.51. The zero-order chi connectivity index (χ0) is 17.1. The first kappa shape index (κ1) is 16.5. The molecule has 2 aromatic rings. The van der Waals surface area contributed by atoms with Crippen molar-refractivity contribution >= 4 is 5.97 Å². The van der Waals surface area contributed by atoms with Crippen molar-refractivity contribution < 1.29 is 14.3 Å². The van der Waals surface area contributed by atoms with Crippen molar-refractivity contribution in [3.63, 3.8) is 0 Å². The summed E-state index contributed by atoms with van der Waals surface area (Å²) in [5.74, 6) is -0.109. The second-order valence-electron chi connectivity index (χ2n) is 4.86. The first-order chi connectivity index (χ1) is 10.9. The lowest BCUT2D eigenvalue weighted by atomic mass is 10.2. The van der Waals surface area contributed by atoms with Crippen LogP contribution in [-0.2, 0) is 11.8 Å². The number of rotatable bonds is 4. The van der Waals surface area contributed by atoms with E-state index in [2.05, 4.69) is 0 Å². The van der Waals surface area contributed by atoms with Gasteiger partial charge in [0.2, 0.25) is 0 Å². The Morgan fingerprint density at radius 3 is 2.30 bits per heavy atom. The summed E-state index contributed by atoms with van der Waals surface area (Å²) < 4.78 is 12.2. The van der Waals surface area contributed by atoms with Crippen LogP contribution in [0.5, 0.6) is 5.75 Å². The number of methoxy groups -OCH3 is 1. The van der Waals surface area contributed by atoms with Gasteiger partial charge in [-0.05, 0) is 38.1 Å². The molecular weight excluding hydrogens is 300 g/mol. The van der Waals surface area contributed by atoms with Crippen LogP contribution >= 0.6 is 0 Å². The fourth-order valence-electron chi connectivity index (χ4n) is 2.29. The molecule has 0 unspecified atom stereocenters. The topological polar surface area (TPSA) is 79.5 Å². The molecule has 0 N–H and O–H groups in total. The molecule has 0 fully saturated rings. The number of ether oxygens (including phenoxy) is 2. The van der Waals surface area contributed by atoms with Gasteiger partial charge < -0.3 is 9.47 Å². The van der Waals surface area contributed by atoms with Crippen LogP contribution in [0.1, 0.15) is 23.0 Å². The van der Waals surface area contributed by atoms with Crippen LogP contribution in [0.25, 0.3) is 5.69 Å². The van der Waals surface area contributed by atoms with E-state index in [1.807, 2.05) is 0 Å². The van der Waals surface area contributed by atoms with E-state index in [9.17, 15) is 14.4 Å². The lowest BCUT2D eigenvalue weighted by Crippen LogP contribution is -2.42. The number of hydrogen-bond acceptors (Lipinski definition) is 5. The number of benzene rings is 1. The first-order valence-electron chi connectivity index (χ1n) is 7.06. The summed E-state index contributed by atoms with van der Waals surface area (Å²) in [6.07, 6.45) is 0. The van der Waals surface area contributed by atoms with Crippen molar-refractivity contribution in [1.82, 2.24) is 9.13 Å². The Balaban J connectivity index is 2.75. The largest absolute Gasteiger partial charge is 0.497 e. The van der Waals surface area contributed by atoms with Crippen molar-refractivity contribution in [1.29, 1.82) is 0 Å². The lowest BCUT2D eigenvalue weighted by Gasteiger charge is -2.15. The van der Waals surface area contributed by atoms with Crippen LogP contribution in [0.2, 0.25) is 0 Å². The van der Waals surface area contributed by atoms with E-state index in [4.69, 9.17) is 9.47 Å². The molecule has 122 valence electrons. The van der Waals surface area contributed by atoms with E-state index in [1.54, 1.807) is 38.1 Å². The Labute approximate surface area is 132 Å². The smallest absolute Gasteiger partial charge is 0.345 e. The van der Waals surface area contributed by atoms with E-state index in [0.717, 1.165) is 4.57 Å². The fraction of sp³-hybridized carbons (Fsp3) is 0.312. The number of hydrogen-bond donors (Lipinski definition) is 0. The molecule has 23 heavy (non-hydrogen) atoms. The third kappa shape index (κ3) is 2.90. The maximum atomic E-state index is 12.4. The van der Waals surface area contributed by atoms with Gasteiger partial charge >= 0.3 is 11.7 Å². The van der Waals surface area contributed by atoms with Crippen LogP contribution < -0.4 is 16.0 Å². The molecule has 7 heteroatoms. The maximum absolute atomic E-state index is 12.4. The quantitative estimate of drug-likeness (QED) is 0.787. The van der Waals surface area contributed by atoms with E-state index >= 15 is 0 Å². The number of carbonyl (C=O) groups is 1. The normalized spacial score (nSPS) is 10.4. The SMILES string of the molecule is CCOC(=O)c1c(C)n(-c2ccc(OC)cc2)c(=O)n(C)c1=O. The molecule has 0 bridgehead atoms. The van der Waals surface area contributed by atoms with E-state index in [-0.39, 0.29) is 17.9 Å². The molecule has 0 saturated heterocycles. The monoisotopic (exact) mass is 318 g/mol. The number of carbonyl (C=O) groups excluding carboxylic acids is 1. The van der Waals surface area contributed by atoms with Gasteiger partial charge in [0.05, 0.1) is 19.4 Å². The van der Waals surface area contributed by atoms with Crippen LogP contribution in [0.4, 0.5) is 0 Å². The summed E-state index contributed by atoms with van der Waals surface area (Å²) in [5, 5.41) is 0. The Morgan fingerprint density at radius 1 is 1.17 bits per heavy atom. The predicted molar refractivity (Wildman–Crippen MR) is 84.5 cm³/mol. The molecule has 2 rings (SSSR count). The van der Waals surface area contributed by atoms with Crippen LogP contribution in [-0.4, -0.2) is 28.8 Å². The molecule has 0 spiro atoms. The molecule has 0 aliphatic heterocycles. The highest BCUT2D eigenvalue weighted by atomic mass is 16.5. The lowest BCUT2D eigenvalue weighted by molar-refractivity contribution is 0.0521. The molecule has 1 aromatic heterocycles. The third-order valence-corrected chi connectivity index (χ3v) is 3.50. The summed E-state index contributed by atoms with van der Waals surface area (Å²) in [7, 11) is 2.87. The second-order valence-corrected chi connectivity index (χ2v) is 4.86. The average molecular weight is 318 g/mol. The van der Waals surface area contributed by atoms with Gasteiger partial charge in [-0.2, -0.15) is 0 Å². The minimum absolute atomic E-state index is 0.142.